The Balaban J connectivity index is 2.15. The van der Waals surface area contributed by atoms with Crippen LogP contribution in [-0.2, 0) is 6.18 Å². The third kappa shape index (κ3) is 2.65. The summed E-state index contributed by atoms with van der Waals surface area (Å²) in [5.41, 5.74) is -1.08. The van der Waals surface area contributed by atoms with E-state index in [1.807, 2.05) is 0 Å². The summed E-state index contributed by atoms with van der Waals surface area (Å²) >= 11 is 0. The molecule has 112 valence electrons. The molecule has 21 heavy (non-hydrogen) atoms. The van der Waals surface area contributed by atoms with E-state index in [1.165, 1.54) is 18.2 Å². The molecule has 0 saturated carbocycles. The van der Waals surface area contributed by atoms with Crippen molar-refractivity contribution >= 4 is 5.65 Å². The normalized spacial score (nSPS) is 19.9. The van der Waals surface area contributed by atoms with Crippen LogP contribution in [0, 0.1) is 0 Å². The van der Waals surface area contributed by atoms with Gasteiger partial charge in [0, 0.05) is 18.5 Å². The van der Waals surface area contributed by atoms with Crippen LogP contribution < -0.4 is 10.9 Å². The number of piperidine rings is 1. The highest BCUT2D eigenvalue weighted by atomic mass is 19.4. The molecule has 0 amide bonds. The van der Waals surface area contributed by atoms with Crippen molar-refractivity contribution in [3.05, 3.63) is 46.0 Å². The van der Waals surface area contributed by atoms with E-state index in [-0.39, 0.29) is 11.6 Å². The molecule has 0 aliphatic carbocycles. The molecule has 1 saturated heterocycles. The van der Waals surface area contributed by atoms with Crippen molar-refractivity contribution in [3.8, 4) is 0 Å². The third-order valence-corrected chi connectivity index (χ3v) is 3.71. The molecule has 0 aromatic carbocycles. The first-order valence-electron chi connectivity index (χ1n) is 6.77. The number of alkyl halides is 3. The molecule has 7 heteroatoms. The van der Waals surface area contributed by atoms with E-state index < -0.39 is 17.4 Å². The molecular formula is C14H14F3N3O. The number of hydrogen-bond acceptors (Lipinski definition) is 3. The Morgan fingerprint density at radius 1 is 1.33 bits per heavy atom. The molecular weight excluding hydrogens is 283 g/mol. The van der Waals surface area contributed by atoms with E-state index in [0.29, 0.717) is 16.6 Å². The van der Waals surface area contributed by atoms with Crippen LogP contribution in [0.5, 0.6) is 0 Å². The van der Waals surface area contributed by atoms with Gasteiger partial charge in [0.1, 0.15) is 11.3 Å². The fourth-order valence-corrected chi connectivity index (χ4v) is 2.71. The predicted molar refractivity (Wildman–Crippen MR) is 71.3 cm³/mol. The Hall–Kier alpha value is -1.89. The van der Waals surface area contributed by atoms with Crippen molar-refractivity contribution in [2.75, 3.05) is 13.1 Å². The van der Waals surface area contributed by atoms with Gasteiger partial charge in [-0.3, -0.25) is 9.20 Å². The summed E-state index contributed by atoms with van der Waals surface area (Å²) in [6, 6.07) is 4.81. The molecule has 3 rings (SSSR count). The summed E-state index contributed by atoms with van der Waals surface area (Å²) in [4.78, 5) is 16.4. The second kappa shape index (κ2) is 5.14. The van der Waals surface area contributed by atoms with Crippen molar-refractivity contribution in [1.82, 2.24) is 14.7 Å². The second-order valence-corrected chi connectivity index (χ2v) is 5.16. The minimum atomic E-state index is -4.58. The van der Waals surface area contributed by atoms with E-state index in [0.717, 1.165) is 25.5 Å². The van der Waals surface area contributed by atoms with Crippen LogP contribution in [-0.4, -0.2) is 22.5 Å². The molecule has 1 aliphatic heterocycles. The standard InChI is InChI=1S/C14H14F3N3O/c15-14(16,17)11-4-1-5-12-19-10(7-13(21)20(11)12)9-3-2-6-18-8-9/h1,4-5,7,9,18H,2-3,6,8H2. The lowest BCUT2D eigenvalue weighted by Gasteiger charge is -2.22. The van der Waals surface area contributed by atoms with Gasteiger partial charge in [0.2, 0.25) is 0 Å². The number of fused-ring (bicyclic) bond motifs is 1. The van der Waals surface area contributed by atoms with Crippen LogP contribution in [0.4, 0.5) is 13.2 Å². The van der Waals surface area contributed by atoms with Crippen LogP contribution in [0.3, 0.4) is 0 Å². The van der Waals surface area contributed by atoms with Crippen molar-refractivity contribution in [3.63, 3.8) is 0 Å². The smallest absolute Gasteiger partial charge is 0.316 e. The van der Waals surface area contributed by atoms with Crippen LogP contribution in [0.25, 0.3) is 5.65 Å². The molecule has 4 nitrogen and oxygen atoms in total. The maximum atomic E-state index is 13.0. The summed E-state index contributed by atoms with van der Waals surface area (Å²) in [7, 11) is 0. The number of halogens is 3. The van der Waals surface area contributed by atoms with Crippen LogP contribution >= 0.6 is 0 Å². The lowest BCUT2D eigenvalue weighted by Crippen LogP contribution is -2.30. The fourth-order valence-electron chi connectivity index (χ4n) is 2.71. The average Bonchev–Trinajstić information content (AvgIpc) is 2.46. The summed E-state index contributed by atoms with van der Waals surface area (Å²) in [6.07, 6.45) is -2.73. The average molecular weight is 297 g/mol. The molecule has 2 aromatic rings. The molecule has 1 aliphatic rings. The molecule has 1 fully saturated rings. The zero-order valence-electron chi connectivity index (χ0n) is 11.2. The van der Waals surface area contributed by atoms with Crippen molar-refractivity contribution in [2.45, 2.75) is 24.9 Å². The first-order chi connectivity index (χ1) is 9.97. The third-order valence-electron chi connectivity index (χ3n) is 3.71. The molecule has 3 heterocycles. The fraction of sp³-hybridized carbons (Fsp3) is 0.429. The Morgan fingerprint density at radius 3 is 2.81 bits per heavy atom. The predicted octanol–water partition coefficient (Wildman–Crippen LogP) is 2.18. The Bertz CT molecular complexity index is 717. The van der Waals surface area contributed by atoms with Gasteiger partial charge in [-0.2, -0.15) is 13.2 Å². The summed E-state index contributed by atoms with van der Waals surface area (Å²) in [5.74, 6) is 0.0750. The van der Waals surface area contributed by atoms with Gasteiger partial charge < -0.3 is 5.32 Å². The highest BCUT2D eigenvalue weighted by Gasteiger charge is 2.34. The van der Waals surface area contributed by atoms with Gasteiger partial charge in [-0.25, -0.2) is 4.98 Å². The number of pyridine rings is 1. The molecule has 1 atom stereocenters. The maximum Gasteiger partial charge on any atom is 0.431 e. The van der Waals surface area contributed by atoms with Crippen LogP contribution in [0.15, 0.2) is 29.1 Å². The topological polar surface area (TPSA) is 46.4 Å². The zero-order chi connectivity index (χ0) is 15.0. The Morgan fingerprint density at radius 2 is 2.14 bits per heavy atom. The molecule has 0 bridgehead atoms. The SMILES string of the molecule is O=c1cc(C2CCCNC2)nc2cccc(C(F)(F)F)n12. The van der Waals surface area contributed by atoms with Crippen LogP contribution in [0.1, 0.15) is 30.1 Å². The number of aromatic nitrogens is 2. The van der Waals surface area contributed by atoms with Gasteiger partial charge in [0.05, 0.1) is 5.69 Å². The second-order valence-electron chi connectivity index (χ2n) is 5.16. The number of nitrogens with zero attached hydrogens (tertiary/aromatic N) is 2. The van der Waals surface area contributed by atoms with Crippen molar-refractivity contribution < 1.29 is 13.2 Å². The first kappa shape index (κ1) is 14.1. The van der Waals surface area contributed by atoms with Gasteiger partial charge in [-0.15, -0.1) is 0 Å². The quantitative estimate of drug-likeness (QED) is 0.877. The van der Waals surface area contributed by atoms with Gasteiger partial charge in [-0.1, -0.05) is 6.07 Å². The summed E-state index contributed by atoms with van der Waals surface area (Å²) in [6.45, 7) is 1.61. The van der Waals surface area contributed by atoms with Gasteiger partial charge in [0.15, 0.2) is 0 Å². The van der Waals surface area contributed by atoms with Gasteiger partial charge >= 0.3 is 6.18 Å². The van der Waals surface area contributed by atoms with E-state index in [2.05, 4.69) is 10.3 Å². The van der Waals surface area contributed by atoms with Crippen LogP contribution in [0.2, 0.25) is 0 Å². The van der Waals surface area contributed by atoms with E-state index >= 15 is 0 Å². The Labute approximate surface area is 118 Å². The number of nitrogens with one attached hydrogen (secondary N) is 1. The van der Waals surface area contributed by atoms with Crippen molar-refractivity contribution in [1.29, 1.82) is 0 Å². The summed E-state index contributed by atoms with van der Waals surface area (Å²) in [5, 5.41) is 3.21. The zero-order valence-corrected chi connectivity index (χ0v) is 11.2. The monoisotopic (exact) mass is 297 g/mol. The van der Waals surface area contributed by atoms with Gasteiger partial charge in [-0.05, 0) is 31.5 Å². The lowest BCUT2D eigenvalue weighted by atomic mass is 9.96. The molecule has 0 spiro atoms. The van der Waals surface area contributed by atoms with E-state index in [4.69, 9.17) is 0 Å². The number of hydrogen-bond donors (Lipinski definition) is 1. The molecule has 0 radical (unpaired) electrons. The number of rotatable bonds is 1. The van der Waals surface area contributed by atoms with E-state index in [9.17, 15) is 18.0 Å². The largest absolute Gasteiger partial charge is 0.431 e. The molecule has 1 unspecified atom stereocenters. The Kier molecular flexibility index (Phi) is 3.44. The van der Waals surface area contributed by atoms with E-state index in [1.54, 1.807) is 0 Å². The highest BCUT2D eigenvalue weighted by Crippen LogP contribution is 2.29. The van der Waals surface area contributed by atoms with Gasteiger partial charge in [0.25, 0.3) is 5.56 Å². The lowest BCUT2D eigenvalue weighted by molar-refractivity contribution is -0.142. The highest BCUT2D eigenvalue weighted by molar-refractivity contribution is 5.41. The maximum absolute atomic E-state index is 13.0. The minimum Gasteiger partial charge on any atom is -0.316 e. The minimum absolute atomic E-state index is 0.0397. The first-order valence-corrected chi connectivity index (χ1v) is 6.77. The molecule has 1 N–H and O–H groups in total. The van der Waals surface area contributed by atoms with Crippen molar-refractivity contribution in [2.24, 2.45) is 0 Å². The summed E-state index contributed by atoms with van der Waals surface area (Å²) < 4.78 is 39.5. The molecule has 2 aromatic heterocycles.